The van der Waals surface area contributed by atoms with Crippen LogP contribution in [-0.4, -0.2) is 0 Å². The fourth-order valence-electron chi connectivity index (χ4n) is 7.25. The van der Waals surface area contributed by atoms with Crippen molar-refractivity contribution in [1.29, 1.82) is 0 Å². The number of hydrogen-bond acceptors (Lipinski definition) is 2. The lowest BCUT2D eigenvalue weighted by molar-refractivity contribution is 1.40. The molecule has 0 N–H and O–H groups in total. The van der Waals surface area contributed by atoms with Gasteiger partial charge in [0.05, 0.1) is 0 Å². The molecule has 10 rings (SSSR count). The molecule has 0 bridgehead atoms. The van der Waals surface area contributed by atoms with E-state index >= 15 is 0 Å². The summed E-state index contributed by atoms with van der Waals surface area (Å²) in [6.07, 6.45) is 0. The molecular weight excluding hydrogens is 569 g/mol. The van der Waals surface area contributed by atoms with Crippen molar-refractivity contribution in [3.05, 3.63) is 146 Å². The quantitative estimate of drug-likeness (QED) is 0.192. The third kappa shape index (κ3) is 3.53. The van der Waals surface area contributed by atoms with Gasteiger partial charge < -0.3 is 0 Å². The molecule has 0 unspecified atom stereocenters. The number of hydrogen-bond donors (Lipinski definition) is 0. The van der Waals surface area contributed by atoms with Gasteiger partial charge in [-0.15, -0.1) is 11.3 Å². The van der Waals surface area contributed by atoms with E-state index in [0.717, 1.165) is 0 Å². The summed E-state index contributed by atoms with van der Waals surface area (Å²) in [5.41, 5.74) is 7.81. The summed E-state index contributed by atoms with van der Waals surface area (Å²) in [6.45, 7) is 0. The van der Waals surface area contributed by atoms with Crippen LogP contribution in [0.25, 0.3) is 85.9 Å². The Kier molecular flexibility index (Phi) is 5.19. The Morgan fingerprint density at radius 3 is 1.75 bits per heavy atom. The highest BCUT2D eigenvalue weighted by molar-refractivity contribution is 7.99. The first-order chi connectivity index (χ1) is 21.8. The van der Waals surface area contributed by atoms with Crippen LogP contribution in [0.4, 0.5) is 0 Å². The molecule has 0 spiro atoms. The predicted octanol–water partition coefficient (Wildman–Crippen LogP) is 13.0. The Bertz CT molecular complexity index is 2630. The summed E-state index contributed by atoms with van der Waals surface area (Å²) >= 11 is 3.83. The fourth-order valence-corrected chi connectivity index (χ4v) is 9.63. The average molecular weight is 593 g/mol. The molecule has 0 fully saturated rings. The fraction of sp³-hybridized carbons (Fsp3) is 0. The maximum Gasteiger partial charge on any atom is 0.0368 e. The van der Waals surface area contributed by atoms with E-state index in [2.05, 4.69) is 146 Å². The van der Waals surface area contributed by atoms with Gasteiger partial charge >= 0.3 is 0 Å². The van der Waals surface area contributed by atoms with Gasteiger partial charge in [-0.3, -0.25) is 0 Å². The lowest BCUT2D eigenvalue weighted by Crippen LogP contribution is -1.94. The Labute approximate surface area is 263 Å². The number of rotatable bonds is 2. The smallest absolute Gasteiger partial charge is 0.0368 e. The number of thiophene rings is 1. The molecule has 8 aromatic carbocycles. The van der Waals surface area contributed by atoms with Crippen LogP contribution in [0.2, 0.25) is 0 Å². The Hall–Kier alpha value is -4.89. The van der Waals surface area contributed by atoms with E-state index in [1.165, 1.54) is 95.7 Å². The van der Waals surface area contributed by atoms with Gasteiger partial charge in [0.25, 0.3) is 0 Å². The summed E-state index contributed by atoms with van der Waals surface area (Å²) < 4.78 is 2.69. The molecule has 1 aliphatic heterocycles. The normalized spacial score (nSPS) is 12.5. The Morgan fingerprint density at radius 1 is 0.341 bits per heavy atom. The molecule has 44 heavy (non-hydrogen) atoms. The van der Waals surface area contributed by atoms with Crippen molar-refractivity contribution < 1.29 is 0 Å². The molecule has 0 radical (unpaired) electrons. The Balaban J connectivity index is 1.17. The van der Waals surface area contributed by atoms with Crippen molar-refractivity contribution >= 4 is 75.6 Å². The summed E-state index contributed by atoms with van der Waals surface area (Å²) in [5.74, 6) is 0. The molecule has 1 aromatic heterocycles. The van der Waals surface area contributed by atoms with Crippen LogP contribution in [0.1, 0.15) is 0 Å². The maximum atomic E-state index is 2.46. The van der Waals surface area contributed by atoms with Crippen LogP contribution >= 0.6 is 23.1 Å². The molecule has 2 heterocycles. The minimum absolute atomic E-state index is 1.27. The van der Waals surface area contributed by atoms with Crippen LogP contribution in [0, 0.1) is 0 Å². The first kappa shape index (κ1) is 24.5. The van der Waals surface area contributed by atoms with Crippen LogP contribution in [0.5, 0.6) is 0 Å². The minimum Gasteiger partial charge on any atom is -0.135 e. The zero-order valence-corrected chi connectivity index (χ0v) is 25.3. The van der Waals surface area contributed by atoms with Gasteiger partial charge in [0.2, 0.25) is 0 Å². The highest BCUT2D eigenvalue weighted by atomic mass is 32.2. The lowest BCUT2D eigenvalue weighted by atomic mass is 9.92. The molecule has 204 valence electrons. The van der Waals surface area contributed by atoms with Gasteiger partial charge in [0.15, 0.2) is 0 Å². The van der Waals surface area contributed by atoms with E-state index in [-0.39, 0.29) is 0 Å². The zero-order chi connectivity index (χ0) is 28.8. The molecule has 0 amide bonds. The maximum absolute atomic E-state index is 2.46. The van der Waals surface area contributed by atoms with Gasteiger partial charge in [-0.05, 0) is 84.6 Å². The van der Waals surface area contributed by atoms with E-state index in [1.54, 1.807) is 0 Å². The standard InChI is InChI=1S/C42H24S2/c1-3-12-29-25(8-1)10-5-14-31(29)27-18-20-33-36-24-40-41(35-16-7-17-37(42(35)36)43-38(33)22-27)34-21-19-28(23-39(34)44-40)32-15-6-11-26-9-2-4-13-30(26)32/h1-24H. The largest absolute Gasteiger partial charge is 0.135 e. The summed E-state index contributed by atoms with van der Waals surface area (Å²) in [7, 11) is 0. The van der Waals surface area contributed by atoms with Crippen LogP contribution < -0.4 is 0 Å². The Morgan fingerprint density at radius 2 is 0.977 bits per heavy atom. The summed E-state index contributed by atoms with van der Waals surface area (Å²) in [4.78, 5) is 2.67. The van der Waals surface area contributed by atoms with E-state index in [0.29, 0.717) is 0 Å². The van der Waals surface area contributed by atoms with Crippen LogP contribution in [-0.2, 0) is 0 Å². The first-order valence-corrected chi connectivity index (χ1v) is 16.6. The monoisotopic (exact) mass is 592 g/mol. The zero-order valence-electron chi connectivity index (χ0n) is 23.7. The van der Waals surface area contributed by atoms with Crippen molar-refractivity contribution in [2.45, 2.75) is 9.79 Å². The van der Waals surface area contributed by atoms with Gasteiger partial charge in [0.1, 0.15) is 0 Å². The molecule has 0 saturated heterocycles. The van der Waals surface area contributed by atoms with Crippen molar-refractivity contribution in [3.63, 3.8) is 0 Å². The van der Waals surface area contributed by atoms with Crippen molar-refractivity contribution in [1.82, 2.24) is 0 Å². The molecule has 9 aromatic rings. The molecule has 0 atom stereocenters. The highest BCUT2D eigenvalue weighted by Gasteiger charge is 2.23. The number of fused-ring (bicyclic) bond motifs is 8. The molecule has 0 saturated carbocycles. The average Bonchev–Trinajstić information content (AvgIpc) is 3.45. The van der Waals surface area contributed by atoms with E-state index in [1.807, 2.05) is 23.1 Å². The third-order valence-electron chi connectivity index (χ3n) is 9.25. The van der Waals surface area contributed by atoms with E-state index in [9.17, 15) is 0 Å². The second kappa shape index (κ2) is 9.30. The van der Waals surface area contributed by atoms with E-state index in [4.69, 9.17) is 0 Å². The van der Waals surface area contributed by atoms with Crippen molar-refractivity contribution in [2.75, 3.05) is 0 Å². The summed E-state index contributed by atoms with van der Waals surface area (Å²) in [5, 5.41) is 10.6. The molecular formula is C42H24S2. The first-order valence-electron chi connectivity index (χ1n) is 15.0. The molecule has 2 heteroatoms. The third-order valence-corrected chi connectivity index (χ3v) is 11.5. The van der Waals surface area contributed by atoms with Crippen molar-refractivity contribution in [2.24, 2.45) is 0 Å². The minimum atomic E-state index is 1.27. The van der Waals surface area contributed by atoms with Gasteiger partial charge in [0, 0.05) is 35.3 Å². The molecule has 0 nitrogen and oxygen atoms in total. The van der Waals surface area contributed by atoms with E-state index < -0.39 is 0 Å². The highest BCUT2D eigenvalue weighted by Crippen LogP contribution is 2.53. The van der Waals surface area contributed by atoms with Crippen LogP contribution in [0.15, 0.2) is 155 Å². The number of benzene rings is 8. The second-order valence-electron chi connectivity index (χ2n) is 11.7. The lowest BCUT2D eigenvalue weighted by Gasteiger charge is -2.22. The SMILES string of the molecule is c1ccc2c(-c3ccc4c(c3)Sc3cccc5c3c-4cc3sc4cc(-c6cccc7ccccc67)ccc4c35)cccc2c1. The van der Waals surface area contributed by atoms with Crippen molar-refractivity contribution in [3.8, 4) is 33.4 Å². The predicted molar refractivity (Wildman–Crippen MR) is 192 cm³/mol. The second-order valence-corrected chi connectivity index (χ2v) is 13.8. The van der Waals surface area contributed by atoms with Gasteiger partial charge in [-0.1, -0.05) is 133 Å². The molecule has 1 aliphatic rings. The van der Waals surface area contributed by atoms with Crippen LogP contribution in [0.3, 0.4) is 0 Å². The topological polar surface area (TPSA) is 0 Å². The van der Waals surface area contributed by atoms with Gasteiger partial charge in [-0.25, -0.2) is 0 Å². The molecule has 0 aliphatic carbocycles. The van der Waals surface area contributed by atoms with Gasteiger partial charge in [-0.2, -0.15) is 0 Å². The summed E-state index contributed by atoms with van der Waals surface area (Å²) in [6, 6.07) is 54.0.